The Balaban J connectivity index is 3.02. The zero-order valence-corrected chi connectivity index (χ0v) is 13.0. The molecular weight excluding hydrogens is 283 g/mol. The second kappa shape index (κ2) is 7.98. The lowest BCUT2D eigenvalue weighted by Gasteiger charge is -2.28. The molecule has 0 aliphatic heterocycles. The summed E-state index contributed by atoms with van der Waals surface area (Å²) >= 11 is 1.42. The summed E-state index contributed by atoms with van der Waals surface area (Å²) in [6, 6.07) is 3.66. The van der Waals surface area contributed by atoms with Crippen LogP contribution in [0.3, 0.4) is 0 Å². The van der Waals surface area contributed by atoms with Gasteiger partial charge in [0.15, 0.2) is 0 Å². The SMILES string of the molecule is C=CCC(C(O)c1cccs1)P(=O)(OCC)OCC. The molecule has 0 saturated heterocycles. The summed E-state index contributed by atoms with van der Waals surface area (Å²) in [6.45, 7) is 7.73. The fourth-order valence-electron chi connectivity index (χ4n) is 1.84. The second-order valence-corrected chi connectivity index (χ2v) is 7.17. The molecule has 2 unspecified atom stereocenters. The molecule has 0 bridgehead atoms. The fourth-order valence-corrected chi connectivity index (χ4v) is 4.81. The highest BCUT2D eigenvalue weighted by molar-refractivity contribution is 7.54. The van der Waals surface area contributed by atoms with Gasteiger partial charge >= 0.3 is 7.60 Å². The number of hydrogen-bond acceptors (Lipinski definition) is 5. The molecule has 1 N–H and O–H groups in total. The minimum absolute atomic E-state index is 0.280. The number of aliphatic hydroxyl groups excluding tert-OH is 1. The highest BCUT2D eigenvalue weighted by Crippen LogP contribution is 2.58. The van der Waals surface area contributed by atoms with Crippen LogP contribution in [-0.4, -0.2) is 24.0 Å². The van der Waals surface area contributed by atoms with Gasteiger partial charge in [0.2, 0.25) is 0 Å². The van der Waals surface area contributed by atoms with Crippen LogP contribution in [0.2, 0.25) is 0 Å². The van der Waals surface area contributed by atoms with Gasteiger partial charge in [0.25, 0.3) is 0 Å². The first-order valence-electron chi connectivity index (χ1n) is 6.30. The Morgan fingerprint density at radius 3 is 2.53 bits per heavy atom. The quantitative estimate of drug-likeness (QED) is 0.553. The molecule has 0 aliphatic carbocycles. The van der Waals surface area contributed by atoms with Gasteiger partial charge in [0.1, 0.15) is 6.10 Å². The normalized spacial score (nSPS) is 15.1. The Morgan fingerprint density at radius 2 is 2.11 bits per heavy atom. The van der Waals surface area contributed by atoms with Crippen molar-refractivity contribution in [3.63, 3.8) is 0 Å². The molecule has 0 aromatic carbocycles. The van der Waals surface area contributed by atoms with Crippen LogP contribution in [0.5, 0.6) is 0 Å². The lowest BCUT2D eigenvalue weighted by atomic mass is 10.1. The maximum atomic E-state index is 12.8. The molecule has 2 atom stereocenters. The van der Waals surface area contributed by atoms with Gasteiger partial charge in [0.05, 0.1) is 18.9 Å². The van der Waals surface area contributed by atoms with Crippen molar-refractivity contribution in [3.05, 3.63) is 35.0 Å². The van der Waals surface area contributed by atoms with Crippen molar-refractivity contribution < 1.29 is 18.7 Å². The maximum absolute atomic E-state index is 12.8. The van der Waals surface area contributed by atoms with Crippen molar-refractivity contribution in [3.8, 4) is 0 Å². The summed E-state index contributed by atoms with van der Waals surface area (Å²) in [4.78, 5) is 0.756. The van der Waals surface area contributed by atoms with E-state index in [2.05, 4.69) is 6.58 Å². The van der Waals surface area contributed by atoms with E-state index in [1.165, 1.54) is 11.3 Å². The van der Waals surface area contributed by atoms with Crippen molar-refractivity contribution in [1.29, 1.82) is 0 Å². The van der Waals surface area contributed by atoms with Crippen molar-refractivity contribution in [2.45, 2.75) is 32.0 Å². The summed E-state index contributed by atoms with van der Waals surface area (Å²) in [7, 11) is -3.36. The van der Waals surface area contributed by atoms with E-state index in [1.54, 1.807) is 19.9 Å². The Hall–Kier alpha value is -0.450. The number of hydrogen-bond donors (Lipinski definition) is 1. The van der Waals surface area contributed by atoms with Crippen LogP contribution in [0.25, 0.3) is 0 Å². The topological polar surface area (TPSA) is 55.8 Å². The molecule has 6 heteroatoms. The van der Waals surface area contributed by atoms with E-state index >= 15 is 0 Å². The van der Waals surface area contributed by atoms with Crippen LogP contribution in [0.4, 0.5) is 0 Å². The molecule has 1 heterocycles. The fraction of sp³-hybridized carbons (Fsp3) is 0.538. The van der Waals surface area contributed by atoms with Crippen molar-refractivity contribution in [2.24, 2.45) is 0 Å². The van der Waals surface area contributed by atoms with Gasteiger partial charge in [-0.25, -0.2) is 0 Å². The van der Waals surface area contributed by atoms with E-state index < -0.39 is 19.4 Å². The van der Waals surface area contributed by atoms with Gasteiger partial charge in [-0.2, -0.15) is 0 Å². The summed E-state index contributed by atoms with van der Waals surface area (Å²) in [5, 5.41) is 12.3. The Morgan fingerprint density at radius 1 is 1.47 bits per heavy atom. The van der Waals surface area contributed by atoms with Crippen LogP contribution in [0.1, 0.15) is 31.2 Å². The molecule has 0 spiro atoms. The average Bonchev–Trinajstić information content (AvgIpc) is 2.89. The molecule has 1 aromatic rings. The minimum Gasteiger partial charge on any atom is -0.387 e. The number of rotatable bonds is 9. The van der Waals surface area contributed by atoms with Gasteiger partial charge in [-0.1, -0.05) is 12.1 Å². The van der Waals surface area contributed by atoms with Crippen LogP contribution in [-0.2, 0) is 13.6 Å². The Labute approximate surface area is 118 Å². The molecule has 0 fully saturated rings. The van der Waals surface area contributed by atoms with E-state index in [0.29, 0.717) is 6.42 Å². The smallest absolute Gasteiger partial charge is 0.337 e. The third-order valence-corrected chi connectivity index (χ3v) is 6.12. The van der Waals surface area contributed by atoms with Crippen LogP contribution >= 0.6 is 18.9 Å². The number of thiophene rings is 1. The molecule has 0 saturated carbocycles. The molecule has 108 valence electrons. The molecule has 4 nitrogen and oxygen atoms in total. The van der Waals surface area contributed by atoms with Gasteiger partial charge < -0.3 is 14.2 Å². The van der Waals surface area contributed by atoms with Crippen molar-refractivity contribution in [2.75, 3.05) is 13.2 Å². The van der Waals surface area contributed by atoms with Crippen molar-refractivity contribution in [1.82, 2.24) is 0 Å². The zero-order valence-electron chi connectivity index (χ0n) is 11.3. The van der Waals surface area contributed by atoms with Crippen molar-refractivity contribution >= 4 is 18.9 Å². The minimum atomic E-state index is -3.36. The molecule has 1 aromatic heterocycles. The Kier molecular flexibility index (Phi) is 6.97. The molecule has 19 heavy (non-hydrogen) atoms. The lowest BCUT2D eigenvalue weighted by molar-refractivity contribution is 0.142. The van der Waals surface area contributed by atoms with Crippen LogP contribution in [0.15, 0.2) is 30.2 Å². The van der Waals surface area contributed by atoms with Crippen LogP contribution in [0, 0.1) is 0 Å². The molecule has 0 amide bonds. The standard InChI is InChI=1S/C13H21O4PS/c1-4-8-11(13(14)12-9-7-10-19-12)18(15,16-5-2)17-6-3/h4,7,9-11,13-14H,1,5-6,8H2,2-3H3. The summed E-state index contributed by atoms with van der Waals surface area (Å²) in [6.07, 6.45) is 1.13. The zero-order chi connectivity index (χ0) is 14.3. The number of aliphatic hydroxyl groups is 1. The summed E-state index contributed by atoms with van der Waals surface area (Å²) in [5.74, 6) is 0. The highest BCUT2D eigenvalue weighted by Gasteiger charge is 2.40. The maximum Gasteiger partial charge on any atom is 0.337 e. The predicted molar refractivity (Wildman–Crippen MR) is 78.7 cm³/mol. The highest BCUT2D eigenvalue weighted by atomic mass is 32.1. The van der Waals surface area contributed by atoms with Crippen LogP contribution < -0.4 is 0 Å². The lowest BCUT2D eigenvalue weighted by Crippen LogP contribution is -2.21. The first kappa shape index (κ1) is 16.6. The van der Waals surface area contributed by atoms with E-state index in [4.69, 9.17) is 9.05 Å². The van der Waals surface area contributed by atoms with E-state index in [9.17, 15) is 9.67 Å². The number of allylic oxidation sites excluding steroid dienone is 1. The second-order valence-electron chi connectivity index (χ2n) is 3.93. The van der Waals surface area contributed by atoms with E-state index in [-0.39, 0.29) is 13.2 Å². The largest absolute Gasteiger partial charge is 0.387 e. The Bertz CT molecular complexity index is 408. The van der Waals surface area contributed by atoms with E-state index in [1.807, 2.05) is 17.5 Å². The molecule has 0 radical (unpaired) electrons. The molecular formula is C13H21O4PS. The molecule has 0 aliphatic rings. The van der Waals surface area contributed by atoms with Gasteiger partial charge in [-0.15, -0.1) is 17.9 Å². The summed E-state index contributed by atoms with van der Waals surface area (Å²) in [5.41, 5.74) is -0.622. The first-order valence-corrected chi connectivity index (χ1v) is 8.79. The monoisotopic (exact) mass is 304 g/mol. The van der Waals surface area contributed by atoms with Gasteiger partial charge in [0, 0.05) is 4.88 Å². The van der Waals surface area contributed by atoms with E-state index in [0.717, 1.165) is 4.88 Å². The average molecular weight is 304 g/mol. The summed E-state index contributed by atoms with van der Waals surface area (Å²) < 4.78 is 23.5. The molecule has 1 rings (SSSR count). The van der Waals surface area contributed by atoms with Gasteiger partial charge in [-0.3, -0.25) is 4.57 Å². The first-order chi connectivity index (χ1) is 9.09. The third kappa shape index (κ3) is 4.26. The van der Waals surface area contributed by atoms with Gasteiger partial charge in [-0.05, 0) is 31.7 Å². The third-order valence-electron chi connectivity index (χ3n) is 2.63. The predicted octanol–water partition coefficient (Wildman–Crippen LogP) is 3.99.